The average molecular weight is 264 g/mol. The number of hydrogen-bond acceptors (Lipinski definition) is 4. The molecule has 0 spiro atoms. The van der Waals surface area contributed by atoms with Gasteiger partial charge in [0.2, 0.25) is 5.88 Å². The van der Waals surface area contributed by atoms with E-state index in [9.17, 15) is 0 Å². The van der Waals surface area contributed by atoms with Crippen molar-refractivity contribution in [3.8, 4) is 5.88 Å². The lowest BCUT2D eigenvalue weighted by molar-refractivity contribution is 0.326. The van der Waals surface area contributed by atoms with Crippen molar-refractivity contribution < 1.29 is 4.74 Å². The summed E-state index contributed by atoms with van der Waals surface area (Å²) < 4.78 is 5.29. The van der Waals surface area contributed by atoms with Crippen molar-refractivity contribution in [1.29, 1.82) is 0 Å². The van der Waals surface area contributed by atoms with Crippen LogP contribution in [0.5, 0.6) is 5.88 Å². The summed E-state index contributed by atoms with van der Waals surface area (Å²) >= 11 is 5.74. The number of aromatic nitrogens is 2. The number of nitrogens with one attached hydrogen (secondary N) is 1. The molecule has 4 nitrogen and oxygen atoms in total. The highest BCUT2D eigenvalue weighted by molar-refractivity contribution is 6.17. The number of benzene rings is 1. The molecule has 2 rings (SSSR count). The fourth-order valence-corrected chi connectivity index (χ4v) is 1.63. The van der Waals surface area contributed by atoms with Crippen molar-refractivity contribution in [3.63, 3.8) is 0 Å². The van der Waals surface area contributed by atoms with Crippen LogP contribution >= 0.6 is 11.6 Å². The summed E-state index contributed by atoms with van der Waals surface area (Å²) in [4.78, 5) is 8.34. The predicted octanol–water partition coefficient (Wildman–Crippen LogP) is 3.36. The van der Waals surface area contributed by atoms with Crippen molar-refractivity contribution in [2.24, 2.45) is 0 Å². The topological polar surface area (TPSA) is 47.0 Å². The van der Waals surface area contributed by atoms with Gasteiger partial charge in [-0.2, -0.15) is 4.98 Å². The van der Waals surface area contributed by atoms with E-state index < -0.39 is 0 Å². The van der Waals surface area contributed by atoms with Gasteiger partial charge in [-0.1, -0.05) is 12.1 Å². The van der Waals surface area contributed by atoms with Gasteiger partial charge in [0.05, 0.1) is 19.0 Å². The maximum atomic E-state index is 5.74. The summed E-state index contributed by atoms with van der Waals surface area (Å²) in [6, 6.07) is 7.84. The Morgan fingerprint density at radius 2 is 2.00 bits per heavy atom. The van der Waals surface area contributed by atoms with Gasteiger partial charge in [0.15, 0.2) is 5.82 Å². The Balaban J connectivity index is 2.09. The first-order valence-corrected chi connectivity index (χ1v) is 6.22. The minimum Gasteiger partial charge on any atom is -0.477 e. The van der Waals surface area contributed by atoms with Gasteiger partial charge in [-0.15, -0.1) is 11.6 Å². The third-order valence-corrected chi connectivity index (χ3v) is 2.59. The summed E-state index contributed by atoms with van der Waals surface area (Å²) in [5, 5.41) is 3.16. The number of halogens is 1. The first-order valence-electron chi connectivity index (χ1n) is 5.68. The Kier molecular flexibility index (Phi) is 4.36. The number of anilines is 2. The molecule has 5 heteroatoms. The van der Waals surface area contributed by atoms with Crippen LogP contribution in [-0.2, 0) is 5.88 Å². The molecule has 0 atom stereocenters. The normalized spacial score (nSPS) is 10.1. The monoisotopic (exact) mass is 263 g/mol. The number of hydrogen-bond donors (Lipinski definition) is 1. The van der Waals surface area contributed by atoms with E-state index in [-0.39, 0.29) is 0 Å². The predicted molar refractivity (Wildman–Crippen MR) is 72.5 cm³/mol. The molecular formula is C13H14ClN3O. The van der Waals surface area contributed by atoms with Gasteiger partial charge < -0.3 is 10.1 Å². The van der Waals surface area contributed by atoms with Crippen LogP contribution in [0.3, 0.4) is 0 Å². The molecule has 0 fully saturated rings. The quantitative estimate of drug-likeness (QED) is 0.841. The molecule has 1 heterocycles. The fraction of sp³-hybridized carbons (Fsp3) is 0.231. The lowest BCUT2D eigenvalue weighted by Crippen LogP contribution is -1.99. The summed E-state index contributed by atoms with van der Waals surface area (Å²) in [5.74, 6) is 1.68. The van der Waals surface area contributed by atoms with E-state index in [0.29, 0.717) is 24.2 Å². The zero-order valence-electron chi connectivity index (χ0n) is 10.1. The molecule has 2 aromatic rings. The molecule has 0 amide bonds. The Bertz CT molecular complexity index is 502. The molecule has 0 saturated heterocycles. The van der Waals surface area contributed by atoms with Gasteiger partial charge in [-0.05, 0) is 24.6 Å². The lowest BCUT2D eigenvalue weighted by atomic mass is 10.2. The number of alkyl halides is 1. The number of rotatable bonds is 5. The average Bonchev–Trinajstić information content (AvgIpc) is 2.40. The first kappa shape index (κ1) is 12.6. The second-order valence-corrected chi connectivity index (χ2v) is 3.90. The van der Waals surface area contributed by atoms with E-state index in [2.05, 4.69) is 15.3 Å². The molecule has 1 N–H and O–H groups in total. The van der Waals surface area contributed by atoms with Crippen molar-refractivity contribution in [2.75, 3.05) is 11.9 Å². The van der Waals surface area contributed by atoms with Gasteiger partial charge >= 0.3 is 0 Å². The van der Waals surface area contributed by atoms with Gasteiger partial charge in [-0.25, -0.2) is 0 Å². The van der Waals surface area contributed by atoms with E-state index >= 15 is 0 Å². The molecule has 0 aliphatic rings. The molecule has 0 bridgehead atoms. The zero-order valence-corrected chi connectivity index (χ0v) is 10.8. The van der Waals surface area contributed by atoms with Gasteiger partial charge in [0.25, 0.3) is 0 Å². The SMILES string of the molecule is CCOc1cncc(Nc2ccc(CCl)cc2)n1. The number of nitrogens with zero attached hydrogens (tertiary/aromatic N) is 2. The van der Waals surface area contributed by atoms with Gasteiger partial charge in [-0.3, -0.25) is 4.98 Å². The van der Waals surface area contributed by atoms with Crippen LogP contribution in [0.2, 0.25) is 0 Å². The Morgan fingerprint density at radius 1 is 1.22 bits per heavy atom. The Hall–Kier alpha value is -1.81. The molecule has 0 aliphatic carbocycles. The van der Waals surface area contributed by atoms with Gasteiger partial charge in [0.1, 0.15) is 0 Å². The standard InChI is InChI=1S/C13H14ClN3O/c1-2-18-13-9-15-8-12(17-13)16-11-5-3-10(7-14)4-6-11/h3-6,8-9H,2,7H2,1H3,(H,16,17). The highest BCUT2D eigenvalue weighted by Gasteiger charge is 2.00. The molecule has 94 valence electrons. The second kappa shape index (κ2) is 6.21. The van der Waals surface area contributed by atoms with Crippen LogP contribution < -0.4 is 10.1 Å². The summed E-state index contributed by atoms with van der Waals surface area (Å²) in [7, 11) is 0. The van der Waals surface area contributed by atoms with Crippen molar-refractivity contribution >= 4 is 23.1 Å². The highest BCUT2D eigenvalue weighted by atomic mass is 35.5. The van der Waals surface area contributed by atoms with E-state index in [1.54, 1.807) is 12.4 Å². The van der Waals surface area contributed by atoms with Crippen LogP contribution in [-0.4, -0.2) is 16.6 Å². The maximum Gasteiger partial charge on any atom is 0.234 e. The molecule has 1 aromatic heterocycles. The number of ether oxygens (including phenoxy) is 1. The van der Waals surface area contributed by atoms with Gasteiger partial charge in [0, 0.05) is 11.6 Å². The molecule has 0 unspecified atom stereocenters. The first-order chi connectivity index (χ1) is 8.81. The maximum absolute atomic E-state index is 5.74. The molecule has 1 aromatic carbocycles. The molecule has 0 saturated carbocycles. The largest absolute Gasteiger partial charge is 0.477 e. The fourth-order valence-electron chi connectivity index (χ4n) is 1.45. The van der Waals surface area contributed by atoms with Crippen LogP contribution in [0.1, 0.15) is 12.5 Å². The van der Waals surface area contributed by atoms with E-state index in [1.165, 1.54) is 0 Å². The Morgan fingerprint density at radius 3 is 2.67 bits per heavy atom. The third kappa shape index (κ3) is 3.34. The molecule has 0 radical (unpaired) electrons. The minimum atomic E-state index is 0.514. The summed E-state index contributed by atoms with van der Waals surface area (Å²) in [5.41, 5.74) is 2.02. The van der Waals surface area contributed by atoms with Crippen molar-refractivity contribution in [2.45, 2.75) is 12.8 Å². The Labute approximate surface area is 111 Å². The minimum absolute atomic E-state index is 0.514. The van der Waals surface area contributed by atoms with Crippen LogP contribution in [0, 0.1) is 0 Å². The molecule has 0 aliphatic heterocycles. The van der Waals surface area contributed by atoms with Crippen molar-refractivity contribution in [3.05, 3.63) is 42.2 Å². The molecular weight excluding hydrogens is 250 g/mol. The smallest absolute Gasteiger partial charge is 0.234 e. The van der Waals surface area contributed by atoms with Crippen LogP contribution in [0.4, 0.5) is 11.5 Å². The molecule has 18 heavy (non-hydrogen) atoms. The third-order valence-electron chi connectivity index (χ3n) is 2.29. The van der Waals surface area contributed by atoms with E-state index in [1.807, 2.05) is 31.2 Å². The second-order valence-electron chi connectivity index (χ2n) is 3.63. The lowest BCUT2D eigenvalue weighted by Gasteiger charge is -2.07. The summed E-state index contributed by atoms with van der Waals surface area (Å²) in [6.45, 7) is 2.48. The van der Waals surface area contributed by atoms with Crippen LogP contribution in [0.15, 0.2) is 36.7 Å². The summed E-state index contributed by atoms with van der Waals surface area (Å²) in [6.07, 6.45) is 3.24. The zero-order chi connectivity index (χ0) is 12.8. The van der Waals surface area contributed by atoms with E-state index in [0.717, 1.165) is 11.3 Å². The van der Waals surface area contributed by atoms with Crippen molar-refractivity contribution in [1.82, 2.24) is 9.97 Å². The van der Waals surface area contributed by atoms with E-state index in [4.69, 9.17) is 16.3 Å². The highest BCUT2D eigenvalue weighted by Crippen LogP contribution is 2.17. The van der Waals surface area contributed by atoms with Crippen LogP contribution in [0.25, 0.3) is 0 Å².